The van der Waals surface area contributed by atoms with Crippen molar-refractivity contribution in [2.45, 2.75) is 32.7 Å². The number of nitrogens with one attached hydrogen (secondary N) is 1. The Balaban J connectivity index is 2.48. The zero-order chi connectivity index (χ0) is 10.2. The zero-order valence-corrected chi connectivity index (χ0v) is 9.04. The van der Waals surface area contributed by atoms with Crippen molar-refractivity contribution in [2.75, 3.05) is 6.54 Å². The molecule has 0 fully saturated rings. The standard InChI is InChI=1S/C11H17N3/c1-11(2,3)14-8-4-5-9-10(13-14)6-7-12-9/h5-7,12H,4,8H2,1-3H3. The van der Waals surface area contributed by atoms with Crippen molar-refractivity contribution >= 4 is 6.08 Å². The summed E-state index contributed by atoms with van der Waals surface area (Å²) in [5.41, 5.74) is 0.104. The van der Waals surface area contributed by atoms with Gasteiger partial charge in [-0.1, -0.05) is 6.08 Å². The fraction of sp³-hybridized carbons (Fsp3) is 0.545. The number of hydrogen-bond donors (Lipinski definition) is 1. The van der Waals surface area contributed by atoms with Crippen LogP contribution in [0.5, 0.6) is 0 Å². The molecule has 0 unspecified atom stereocenters. The van der Waals surface area contributed by atoms with Crippen LogP contribution in [0, 0.1) is 0 Å². The molecule has 3 nitrogen and oxygen atoms in total. The number of H-pyrrole nitrogens is 1. The van der Waals surface area contributed by atoms with Gasteiger partial charge in [0.25, 0.3) is 0 Å². The molecule has 2 rings (SSSR count). The molecule has 1 aromatic rings. The van der Waals surface area contributed by atoms with E-state index in [-0.39, 0.29) is 5.54 Å². The Bertz CT molecular complexity index is 422. The summed E-state index contributed by atoms with van der Waals surface area (Å²) < 4.78 is 0. The predicted octanol–water partition coefficient (Wildman–Crippen LogP) is 0.834. The molecule has 1 aliphatic rings. The van der Waals surface area contributed by atoms with Crippen molar-refractivity contribution in [3.05, 3.63) is 23.0 Å². The molecule has 1 aliphatic heterocycles. The van der Waals surface area contributed by atoms with Crippen LogP contribution in [0.2, 0.25) is 0 Å². The molecule has 0 radical (unpaired) electrons. The van der Waals surface area contributed by atoms with Crippen LogP contribution < -0.4 is 10.7 Å². The van der Waals surface area contributed by atoms with Crippen LogP contribution in [0.15, 0.2) is 17.4 Å². The Labute approximate surface area is 84.1 Å². The van der Waals surface area contributed by atoms with E-state index in [1.165, 1.54) is 0 Å². The summed E-state index contributed by atoms with van der Waals surface area (Å²) in [4.78, 5) is 3.19. The van der Waals surface area contributed by atoms with Gasteiger partial charge in [0, 0.05) is 18.3 Å². The van der Waals surface area contributed by atoms with Crippen LogP contribution in [0.25, 0.3) is 6.08 Å². The average Bonchev–Trinajstić information content (AvgIpc) is 2.41. The van der Waals surface area contributed by atoms with Crippen LogP contribution in [-0.4, -0.2) is 22.1 Å². The number of nitrogens with zero attached hydrogens (tertiary/aromatic N) is 2. The quantitative estimate of drug-likeness (QED) is 0.647. The highest BCUT2D eigenvalue weighted by Gasteiger charge is 2.19. The topological polar surface area (TPSA) is 31.4 Å². The van der Waals surface area contributed by atoms with E-state index in [4.69, 9.17) is 0 Å². The molecule has 0 atom stereocenters. The molecule has 0 amide bonds. The highest BCUT2D eigenvalue weighted by atomic mass is 15.5. The molecule has 3 heteroatoms. The summed E-state index contributed by atoms with van der Waals surface area (Å²) in [6, 6.07) is 2.02. The molecule has 0 aliphatic carbocycles. The molecular weight excluding hydrogens is 174 g/mol. The second kappa shape index (κ2) is 3.15. The van der Waals surface area contributed by atoms with Gasteiger partial charge in [-0.25, -0.2) is 0 Å². The van der Waals surface area contributed by atoms with Crippen LogP contribution in [0.1, 0.15) is 27.2 Å². The van der Waals surface area contributed by atoms with Gasteiger partial charge < -0.3 is 4.98 Å². The van der Waals surface area contributed by atoms with Crippen LogP contribution in [0.3, 0.4) is 0 Å². The Morgan fingerprint density at radius 2 is 2.21 bits per heavy atom. The molecule has 1 aromatic heterocycles. The maximum Gasteiger partial charge on any atom is 0.108 e. The largest absolute Gasteiger partial charge is 0.360 e. The summed E-state index contributed by atoms with van der Waals surface area (Å²) in [6.07, 6.45) is 5.20. The second-order valence-corrected chi connectivity index (χ2v) is 4.66. The molecule has 0 aromatic carbocycles. The highest BCUT2D eigenvalue weighted by molar-refractivity contribution is 5.20. The Kier molecular flexibility index (Phi) is 2.10. The van der Waals surface area contributed by atoms with Gasteiger partial charge in [0.2, 0.25) is 0 Å². The first-order valence-corrected chi connectivity index (χ1v) is 5.07. The van der Waals surface area contributed by atoms with E-state index in [1.54, 1.807) is 0 Å². The fourth-order valence-corrected chi connectivity index (χ4v) is 1.62. The smallest absolute Gasteiger partial charge is 0.108 e. The first-order valence-electron chi connectivity index (χ1n) is 5.07. The maximum absolute atomic E-state index is 4.64. The summed E-state index contributed by atoms with van der Waals surface area (Å²) in [7, 11) is 0. The molecule has 0 spiro atoms. The van der Waals surface area contributed by atoms with E-state index in [9.17, 15) is 0 Å². The molecule has 0 bridgehead atoms. The van der Waals surface area contributed by atoms with Gasteiger partial charge in [-0.3, -0.25) is 5.01 Å². The van der Waals surface area contributed by atoms with Gasteiger partial charge in [-0.05, 0) is 33.3 Å². The molecule has 0 saturated carbocycles. The first-order chi connectivity index (χ1) is 6.57. The van der Waals surface area contributed by atoms with Crippen LogP contribution in [-0.2, 0) is 0 Å². The van der Waals surface area contributed by atoms with Crippen molar-refractivity contribution in [1.82, 2.24) is 9.99 Å². The molecule has 14 heavy (non-hydrogen) atoms. The van der Waals surface area contributed by atoms with Gasteiger partial charge in [-0.2, -0.15) is 5.10 Å². The minimum absolute atomic E-state index is 0.104. The van der Waals surface area contributed by atoms with Gasteiger partial charge in [0.1, 0.15) is 5.36 Å². The van der Waals surface area contributed by atoms with E-state index in [1.807, 2.05) is 12.3 Å². The van der Waals surface area contributed by atoms with Crippen molar-refractivity contribution < 1.29 is 0 Å². The lowest BCUT2D eigenvalue weighted by atomic mass is 10.1. The molecule has 0 saturated heterocycles. The SMILES string of the molecule is CC(C)(C)N1CCC=c2[nH]ccc2=N1. The maximum atomic E-state index is 4.64. The first kappa shape index (κ1) is 9.31. The minimum Gasteiger partial charge on any atom is -0.360 e. The number of rotatable bonds is 0. The summed E-state index contributed by atoms with van der Waals surface area (Å²) in [6.45, 7) is 7.56. The summed E-state index contributed by atoms with van der Waals surface area (Å²) in [5, 5.41) is 9.00. The van der Waals surface area contributed by atoms with E-state index in [2.05, 4.69) is 41.9 Å². The highest BCUT2D eigenvalue weighted by Crippen LogP contribution is 2.13. The van der Waals surface area contributed by atoms with E-state index in [0.717, 1.165) is 23.7 Å². The van der Waals surface area contributed by atoms with Crippen molar-refractivity contribution in [3.63, 3.8) is 0 Å². The Morgan fingerprint density at radius 3 is 2.93 bits per heavy atom. The number of fused-ring (bicyclic) bond motifs is 1. The van der Waals surface area contributed by atoms with Crippen molar-refractivity contribution in [2.24, 2.45) is 5.10 Å². The van der Waals surface area contributed by atoms with Crippen LogP contribution >= 0.6 is 0 Å². The Hall–Kier alpha value is -1.25. The van der Waals surface area contributed by atoms with Gasteiger partial charge in [-0.15, -0.1) is 0 Å². The van der Waals surface area contributed by atoms with Gasteiger partial charge >= 0.3 is 0 Å². The van der Waals surface area contributed by atoms with Crippen molar-refractivity contribution in [1.29, 1.82) is 0 Å². The predicted molar refractivity (Wildman–Crippen MR) is 57.1 cm³/mol. The average molecular weight is 191 g/mol. The monoisotopic (exact) mass is 191 g/mol. The van der Waals surface area contributed by atoms with Gasteiger partial charge in [0.15, 0.2) is 0 Å². The van der Waals surface area contributed by atoms with Crippen LogP contribution in [0.4, 0.5) is 0 Å². The number of hydrogen-bond acceptors (Lipinski definition) is 2. The molecule has 76 valence electrons. The summed E-state index contributed by atoms with van der Waals surface area (Å²) in [5.74, 6) is 0. The third kappa shape index (κ3) is 1.67. The van der Waals surface area contributed by atoms with Crippen molar-refractivity contribution in [3.8, 4) is 0 Å². The normalized spacial score (nSPS) is 16.6. The second-order valence-electron chi connectivity index (χ2n) is 4.66. The van der Waals surface area contributed by atoms with E-state index in [0.29, 0.717) is 0 Å². The molecule has 1 N–H and O–H groups in total. The molecular formula is C11H17N3. The fourth-order valence-electron chi connectivity index (χ4n) is 1.62. The Morgan fingerprint density at radius 1 is 1.43 bits per heavy atom. The van der Waals surface area contributed by atoms with E-state index < -0.39 is 0 Å². The number of aromatic nitrogens is 1. The zero-order valence-electron chi connectivity index (χ0n) is 9.04. The third-order valence-electron chi connectivity index (χ3n) is 2.45. The lowest BCUT2D eigenvalue weighted by Crippen LogP contribution is -2.39. The molecule has 2 heterocycles. The lowest BCUT2D eigenvalue weighted by molar-refractivity contribution is 0.141. The number of aromatic amines is 1. The third-order valence-corrected chi connectivity index (χ3v) is 2.45. The minimum atomic E-state index is 0.104. The summed E-state index contributed by atoms with van der Waals surface area (Å²) >= 11 is 0. The van der Waals surface area contributed by atoms with E-state index >= 15 is 0 Å². The van der Waals surface area contributed by atoms with Gasteiger partial charge in [0.05, 0.1) is 5.35 Å². The lowest BCUT2D eigenvalue weighted by Gasteiger charge is -2.32.